The molecule has 0 aliphatic heterocycles. The highest BCUT2D eigenvalue weighted by atomic mass is 32.2. The van der Waals surface area contributed by atoms with Gasteiger partial charge >= 0.3 is 0 Å². The fourth-order valence-corrected chi connectivity index (χ4v) is 8.51. The molecule has 3 saturated carbocycles. The summed E-state index contributed by atoms with van der Waals surface area (Å²) in [6.07, 6.45) is 9.52. The molecule has 0 aromatic carbocycles. The average Bonchev–Trinajstić information content (AvgIpc) is 3.32. The molecular weight excluding hydrogens is 548 g/mol. The number of sulfone groups is 1. The lowest BCUT2D eigenvalue weighted by Crippen LogP contribution is -2.36. The molecule has 40 heavy (non-hydrogen) atoms. The molecule has 3 fully saturated rings. The largest absolute Gasteiger partial charge is 0.390 e. The number of aromatic nitrogens is 4. The van der Waals surface area contributed by atoms with Gasteiger partial charge in [-0.2, -0.15) is 4.98 Å². The summed E-state index contributed by atoms with van der Waals surface area (Å²) in [6, 6.07) is 1.41. The third-order valence-corrected chi connectivity index (χ3v) is 10.6. The van der Waals surface area contributed by atoms with E-state index in [-0.39, 0.29) is 5.75 Å². The Morgan fingerprint density at radius 1 is 1.07 bits per heavy atom. The van der Waals surface area contributed by atoms with E-state index in [0.717, 1.165) is 70.2 Å². The van der Waals surface area contributed by atoms with Crippen molar-refractivity contribution in [1.82, 2.24) is 19.9 Å². The van der Waals surface area contributed by atoms with Crippen LogP contribution in [0.3, 0.4) is 0 Å². The van der Waals surface area contributed by atoms with Gasteiger partial charge < -0.3 is 20.8 Å². The lowest BCUT2D eigenvalue weighted by Gasteiger charge is -2.21. The first kappa shape index (κ1) is 27.7. The molecule has 3 aliphatic carbocycles. The highest BCUT2D eigenvalue weighted by Gasteiger charge is 2.43. The Morgan fingerprint density at radius 2 is 1.85 bits per heavy atom. The fraction of sp³-hybridized carbons (Fsp3) is 0.643. The lowest BCUT2D eigenvalue weighted by molar-refractivity contribution is 0.0216. The number of hydrogen-bond donors (Lipinski definition) is 4. The number of nitrogens with one attached hydrogen (secondary N) is 2. The van der Waals surface area contributed by atoms with Gasteiger partial charge in [-0.25, -0.2) is 18.4 Å². The highest BCUT2D eigenvalue weighted by Crippen LogP contribution is 2.44. The number of nitrogens with zero attached hydrogens (tertiary/aromatic N) is 4. The molecule has 12 heteroatoms. The molecule has 10 nitrogen and oxygen atoms in total. The molecule has 4 atom stereocenters. The third kappa shape index (κ3) is 5.95. The van der Waals surface area contributed by atoms with Gasteiger partial charge in [0.05, 0.1) is 39.5 Å². The minimum Gasteiger partial charge on any atom is -0.390 e. The van der Waals surface area contributed by atoms with E-state index in [0.29, 0.717) is 24.1 Å². The van der Waals surface area contributed by atoms with Crippen molar-refractivity contribution >= 4 is 43.2 Å². The quantitative estimate of drug-likeness (QED) is 0.275. The first-order chi connectivity index (χ1) is 19.2. The molecule has 216 valence electrons. The summed E-state index contributed by atoms with van der Waals surface area (Å²) in [6.45, 7) is 2.71. The van der Waals surface area contributed by atoms with E-state index in [4.69, 9.17) is 15.0 Å². The molecule has 0 spiro atoms. The van der Waals surface area contributed by atoms with Crippen LogP contribution in [0.15, 0.2) is 12.3 Å². The van der Waals surface area contributed by atoms with E-state index in [1.165, 1.54) is 25.7 Å². The van der Waals surface area contributed by atoms with Gasteiger partial charge in [0.15, 0.2) is 0 Å². The molecule has 0 unspecified atom stereocenters. The number of pyridine rings is 1. The molecule has 0 radical (unpaired) electrons. The van der Waals surface area contributed by atoms with Crippen molar-refractivity contribution < 1.29 is 18.6 Å². The van der Waals surface area contributed by atoms with Gasteiger partial charge in [0, 0.05) is 30.8 Å². The van der Waals surface area contributed by atoms with Gasteiger partial charge in [-0.1, -0.05) is 25.7 Å². The Hall–Kier alpha value is -2.41. The van der Waals surface area contributed by atoms with Crippen LogP contribution in [0.2, 0.25) is 0 Å². The number of thiazole rings is 1. The van der Waals surface area contributed by atoms with Crippen LogP contribution in [0.4, 0.5) is 11.8 Å². The van der Waals surface area contributed by atoms with E-state index in [9.17, 15) is 18.6 Å². The molecule has 4 N–H and O–H groups in total. The number of aliphatic hydroxyl groups is 2. The standard InChI is InChI=1S/C28H38N6O4S2/c1-15-21(27-33-23-20(39-27)10-12-29-22(23)17-7-8-17)26(34-28(31-15)30-11-9-16-5-3-4-6-16)32-19-13-18(14-40(2,37)38)24(35)25(19)36/h10,12,16-19,24-25,35-36H,3-9,11,13-14H2,1-2H3,(H2,30,31,32,34)/t18-,19-,24-,25+/m1/s1. The maximum absolute atomic E-state index is 11.9. The zero-order chi connectivity index (χ0) is 28.0. The van der Waals surface area contributed by atoms with Crippen molar-refractivity contribution in [2.75, 3.05) is 29.2 Å². The molecule has 0 amide bonds. The van der Waals surface area contributed by atoms with Gasteiger partial charge in [0.2, 0.25) is 5.95 Å². The normalized spacial score (nSPS) is 25.6. The second kappa shape index (κ2) is 11.1. The predicted octanol–water partition coefficient (Wildman–Crippen LogP) is 3.89. The van der Waals surface area contributed by atoms with Crippen molar-refractivity contribution in [2.45, 2.75) is 82.5 Å². The average molecular weight is 587 g/mol. The van der Waals surface area contributed by atoms with E-state index in [1.54, 1.807) is 11.3 Å². The second-order valence-corrected chi connectivity index (χ2v) is 15.1. The molecule has 3 aromatic rings. The Labute approximate surface area is 239 Å². The summed E-state index contributed by atoms with van der Waals surface area (Å²) in [7, 11) is -3.31. The molecular formula is C28H38N6O4S2. The maximum Gasteiger partial charge on any atom is 0.224 e. The Morgan fingerprint density at radius 3 is 2.58 bits per heavy atom. The van der Waals surface area contributed by atoms with Gasteiger partial charge in [0.25, 0.3) is 0 Å². The molecule has 3 heterocycles. The van der Waals surface area contributed by atoms with Crippen LogP contribution in [0.25, 0.3) is 20.8 Å². The first-order valence-electron chi connectivity index (χ1n) is 14.3. The number of rotatable bonds is 10. The molecule has 3 aliphatic rings. The second-order valence-electron chi connectivity index (χ2n) is 11.9. The van der Waals surface area contributed by atoms with Crippen molar-refractivity contribution in [3.05, 3.63) is 23.7 Å². The molecule has 6 rings (SSSR count). The molecule has 0 saturated heterocycles. The Balaban J connectivity index is 1.32. The zero-order valence-electron chi connectivity index (χ0n) is 23.0. The van der Waals surface area contributed by atoms with Crippen LogP contribution < -0.4 is 10.6 Å². The minimum atomic E-state index is -3.31. The topological polar surface area (TPSA) is 150 Å². The summed E-state index contributed by atoms with van der Waals surface area (Å²) >= 11 is 1.56. The number of aliphatic hydroxyl groups excluding tert-OH is 2. The van der Waals surface area contributed by atoms with Crippen LogP contribution in [0.1, 0.15) is 68.7 Å². The van der Waals surface area contributed by atoms with Gasteiger partial charge in [-0.15, -0.1) is 11.3 Å². The minimum absolute atomic E-state index is 0.179. The Bertz CT molecular complexity index is 1490. The number of hydrogen-bond acceptors (Lipinski definition) is 11. The van der Waals surface area contributed by atoms with Crippen LogP contribution in [-0.2, 0) is 9.84 Å². The highest BCUT2D eigenvalue weighted by molar-refractivity contribution is 7.90. The van der Waals surface area contributed by atoms with Gasteiger partial charge in [0.1, 0.15) is 32.3 Å². The maximum atomic E-state index is 11.9. The summed E-state index contributed by atoms with van der Waals surface area (Å²) in [4.78, 5) is 19.3. The summed E-state index contributed by atoms with van der Waals surface area (Å²) in [5.74, 6) is 1.48. The SMILES string of the molecule is Cc1nc(NCCC2CCCC2)nc(N[C@@H]2C[C@H](CS(C)(=O)=O)[C@@H](O)[C@H]2O)c1-c1nc2c(C3CC3)nccc2s1. The van der Waals surface area contributed by atoms with Crippen LogP contribution in [0.5, 0.6) is 0 Å². The third-order valence-electron chi connectivity index (χ3n) is 8.55. The van der Waals surface area contributed by atoms with E-state index < -0.39 is 34.0 Å². The van der Waals surface area contributed by atoms with E-state index in [2.05, 4.69) is 15.6 Å². The summed E-state index contributed by atoms with van der Waals surface area (Å²) < 4.78 is 24.9. The zero-order valence-corrected chi connectivity index (χ0v) is 24.6. The van der Waals surface area contributed by atoms with Crippen molar-refractivity contribution in [3.63, 3.8) is 0 Å². The summed E-state index contributed by atoms with van der Waals surface area (Å²) in [5.41, 5.74) is 3.45. The summed E-state index contributed by atoms with van der Waals surface area (Å²) in [5, 5.41) is 29.1. The first-order valence-corrected chi connectivity index (χ1v) is 17.2. The van der Waals surface area contributed by atoms with Crippen LogP contribution in [0, 0.1) is 18.8 Å². The van der Waals surface area contributed by atoms with Crippen LogP contribution >= 0.6 is 11.3 Å². The fourth-order valence-electron chi connectivity index (χ4n) is 6.33. The Kier molecular flexibility index (Phi) is 7.71. The van der Waals surface area contributed by atoms with Crippen molar-refractivity contribution in [2.24, 2.45) is 11.8 Å². The van der Waals surface area contributed by atoms with E-state index in [1.807, 2.05) is 19.2 Å². The van der Waals surface area contributed by atoms with Crippen molar-refractivity contribution in [3.8, 4) is 10.6 Å². The molecule has 0 bridgehead atoms. The smallest absolute Gasteiger partial charge is 0.224 e. The van der Waals surface area contributed by atoms with Crippen molar-refractivity contribution in [1.29, 1.82) is 0 Å². The molecule has 3 aromatic heterocycles. The van der Waals surface area contributed by atoms with E-state index >= 15 is 0 Å². The lowest BCUT2D eigenvalue weighted by atomic mass is 10.0. The number of fused-ring (bicyclic) bond motifs is 1. The predicted molar refractivity (Wildman–Crippen MR) is 157 cm³/mol. The van der Waals surface area contributed by atoms with Gasteiger partial charge in [-0.05, 0) is 44.6 Å². The number of aryl methyl sites for hydroxylation is 1. The number of anilines is 2. The van der Waals surface area contributed by atoms with Gasteiger partial charge in [-0.3, -0.25) is 4.98 Å². The van der Waals surface area contributed by atoms with Crippen LogP contribution in [-0.4, -0.2) is 75.4 Å². The monoisotopic (exact) mass is 586 g/mol.